The molecular formula is C14H19NO3S. The van der Waals surface area contributed by atoms with Crippen LogP contribution in [-0.4, -0.2) is 19.7 Å². The molecule has 5 heteroatoms. The van der Waals surface area contributed by atoms with Gasteiger partial charge in [-0.15, -0.1) is 0 Å². The van der Waals surface area contributed by atoms with E-state index in [1.54, 1.807) is 12.1 Å². The summed E-state index contributed by atoms with van der Waals surface area (Å²) >= 11 is 0. The van der Waals surface area contributed by atoms with Gasteiger partial charge in [-0.1, -0.05) is 12.1 Å². The van der Waals surface area contributed by atoms with Crippen molar-refractivity contribution in [2.24, 2.45) is 5.92 Å². The Balaban J connectivity index is 2.29. The number of ketones is 1. The predicted octanol–water partition coefficient (Wildman–Crippen LogP) is 2.36. The number of nitrogens with one attached hydrogen (secondary N) is 1. The van der Waals surface area contributed by atoms with Gasteiger partial charge in [0.1, 0.15) is 0 Å². The molecular weight excluding hydrogens is 262 g/mol. The van der Waals surface area contributed by atoms with E-state index < -0.39 is 15.6 Å². The quantitative estimate of drug-likeness (QED) is 0.843. The summed E-state index contributed by atoms with van der Waals surface area (Å²) in [5.74, 6) is 0.261. The first-order valence-corrected chi connectivity index (χ1v) is 7.86. The number of hydrogen-bond donors (Lipinski definition) is 1. The maximum atomic E-state index is 12.3. The highest BCUT2D eigenvalue weighted by molar-refractivity contribution is 7.89. The van der Waals surface area contributed by atoms with Gasteiger partial charge in [0, 0.05) is 11.1 Å². The zero-order valence-corrected chi connectivity index (χ0v) is 12.3. The first-order chi connectivity index (χ1) is 8.72. The van der Waals surface area contributed by atoms with Crippen molar-refractivity contribution in [3.63, 3.8) is 0 Å². The van der Waals surface area contributed by atoms with Gasteiger partial charge in [-0.25, -0.2) is 13.1 Å². The summed E-state index contributed by atoms with van der Waals surface area (Å²) in [5, 5.41) is 0. The van der Waals surface area contributed by atoms with Crippen LogP contribution in [0.1, 0.15) is 44.0 Å². The number of carbonyl (C=O) groups is 1. The van der Waals surface area contributed by atoms with E-state index in [1.807, 2.05) is 13.8 Å². The van der Waals surface area contributed by atoms with E-state index in [0.717, 1.165) is 12.8 Å². The van der Waals surface area contributed by atoms with Crippen LogP contribution in [0, 0.1) is 5.92 Å². The van der Waals surface area contributed by atoms with E-state index in [9.17, 15) is 13.2 Å². The van der Waals surface area contributed by atoms with Crippen LogP contribution < -0.4 is 4.72 Å². The first kappa shape index (κ1) is 14.2. The number of carbonyl (C=O) groups excluding carboxylic acids is 1. The molecule has 1 aromatic rings. The minimum Gasteiger partial charge on any atom is -0.295 e. The van der Waals surface area contributed by atoms with Crippen molar-refractivity contribution in [2.45, 2.75) is 44.0 Å². The monoisotopic (exact) mass is 281 g/mol. The lowest BCUT2D eigenvalue weighted by Crippen LogP contribution is -2.45. The van der Waals surface area contributed by atoms with E-state index in [-0.39, 0.29) is 10.7 Å². The van der Waals surface area contributed by atoms with Crippen molar-refractivity contribution >= 4 is 15.8 Å². The van der Waals surface area contributed by atoms with Crippen LogP contribution >= 0.6 is 0 Å². The lowest BCUT2D eigenvalue weighted by atomic mass is 10.0. The average molecular weight is 281 g/mol. The molecule has 1 aliphatic rings. The van der Waals surface area contributed by atoms with Crippen molar-refractivity contribution < 1.29 is 13.2 Å². The molecule has 4 nitrogen and oxygen atoms in total. The Bertz CT molecular complexity index is 601. The molecule has 0 bridgehead atoms. The Labute approximate surface area is 114 Å². The molecule has 0 unspecified atom stereocenters. The summed E-state index contributed by atoms with van der Waals surface area (Å²) in [7, 11) is -3.58. The first-order valence-electron chi connectivity index (χ1n) is 6.37. The van der Waals surface area contributed by atoms with Gasteiger partial charge in [0.2, 0.25) is 10.0 Å². The van der Waals surface area contributed by atoms with Gasteiger partial charge in [-0.2, -0.15) is 0 Å². The fourth-order valence-electron chi connectivity index (χ4n) is 2.18. The molecule has 1 N–H and O–H groups in total. The highest BCUT2D eigenvalue weighted by atomic mass is 32.2. The minimum atomic E-state index is -3.58. The van der Waals surface area contributed by atoms with E-state index >= 15 is 0 Å². The second kappa shape index (κ2) is 4.72. The standard InChI is InChI=1S/C14H19NO3S/c1-10(16)11-5-4-6-13(9-11)19(17,18)15-14(2,3)12-7-8-12/h4-6,9,12,15H,7-8H2,1-3H3. The molecule has 0 saturated heterocycles. The molecule has 1 aliphatic carbocycles. The normalized spacial score (nSPS) is 16.4. The number of Topliss-reactive ketones (excluding diaryl/α,β-unsaturated/α-hetero) is 1. The summed E-state index contributed by atoms with van der Waals surface area (Å²) in [5.41, 5.74) is -0.0301. The molecule has 0 amide bonds. The zero-order chi connectivity index (χ0) is 14.3. The van der Waals surface area contributed by atoms with Crippen LogP contribution in [0.15, 0.2) is 29.2 Å². The summed E-state index contributed by atoms with van der Waals surface area (Å²) in [4.78, 5) is 11.5. The lowest BCUT2D eigenvalue weighted by molar-refractivity contribution is 0.101. The highest BCUT2D eigenvalue weighted by Crippen LogP contribution is 2.39. The molecule has 2 rings (SSSR count). The van der Waals surface area contributed by atoms with Gasteiger partial charge in [0.25, 0.3) is 0 Å². The van der Waals surface area contributed by atoms with Crippen molar-refractivity contribution in [3.05, 3.63) is 29.8 Å². The summed E-state index contributed by atoms with van der Waals surface area (Å²) in [6.07, 6.45) is 2.12. The third kappa shape index (κ3) is 3.22. The second-order valence-corrected chi connectivity index (χ2v) is 7.37. The largest absolute Gasteiger partial charge is 0.295 e. The van der Waals surface area contributed by atoms with Crippen molar-refractivity contribution in [1.29, 1.82) is 0 Å². The number of rotatable bonds is 5. The molecule has 0 radical (unpaired) electrons. The van der Waals surface area contributed by atoms with Gasteiger partial charge in [-0.3, -0.25) is 4.79 Å². The van der Waals surface area contributed by atoms with Crippen LogP contribution in [0.5, 0.6) is 0 Å². The predicted molar refractivity (Wildman–Crippen MR) is 73.6 cm³/mol. The smallest absolute Gasteiger partial charge is 0.241 e. The molecule has 1 saturated carbocycles. The lowest BCUT2D eigenvalue weighted by Gasteiger charge is -2.25. The summed E-state index contributed by atoms with van der Waals surface area (Å²) in [6.45, 7) is 5.22. The Morgan fingerprint density at radius 1 is 1.32 bits per heavy atom. The van der Waals surface area contributed by atoms with E-state index in [1.165, 1.54) is 19.1 Å². The van der Waals surface area contributed by atoms with Gasteiger partial charge in [-0.05, 0) is 51.7 Å². The van der Waals surface area contributed by atoms with Crippen LogP contribution in [0.2, 0.25) is 0 Å². The van der Waals surface area contributed by atoms with E-state index in [0.29, 0.717) is 11.5 Å². The zero-order valence-electron chi connectivity index (χ0n) is 11.4. The Kier molecular flexibility index (Phi) is 3.53. The van der Waals surface area contributed by atoms with Gasteiger partial charge in [0.15, 0.2) is 5.78 Å². The van der Waals surface area contributed by atoms with Gasteiger partial charge in [0.05, 0.1) is 4.90 Å². The molecule has 0 aliphatic heterocycles. The maximum Gasteiger partial charge on any atom is 0.241 e. The van der Waals surface area contributed by atoms with Crippen LogP contribution in [0.3, 0.4) is 0 Å². The maximum absolute atomic E-state index is 12.3. The highest BCUT2D eigenvalue weighted by Gasteiger charge is 2.40. The third-order valence-electron chi connectivity index (χ3n) is 3.55. The molecule has 0 spiro atoms. The van der Waals surface area contributed by atoms with Crippen molar-refractivity contribution in [3.8, 4) is 0 Å². The van der Waals surface area contributed by atoms with E-state index in [2.05, 4.69) is 4.72 Å². The number of hydrogen-bond acceptors (Lipinski definition) is 3. The Morgan fingerprint density at radius 3 is 2.47 bits per heavy atom. The molecule has 0 atom stereocenters. The molecule has 19 heavy (non-hydrogen) atoms. The van der Waals surface area contributed by atoms with Gasteiger partial charge < -0.3 is 0 Å². The average Bonchev–Trinajstić information content (AvgIpc) is 3.11. The van der Waals surface area contributed by atoms with Crippen LogP contribution in [0.4, 0.5) is 0 Å². The molecule has 1 fully saturated rings. The fraction of sp³-hybridized carbons (Fsp3) is 0.500. The summed E-state index contributed by atoms with van der Waals surface area (Å²) in [6, 6.07) is 6.15. The fourth-order valence-corrected chi connectivity index (χ4v) is 3.69. The van der Waals surface area contributed by atoms with Crippen molar-refractivity contribution in [1.82, 2.24) is 4.72 Å². The third-order valence-corrected chi connectivity index (χ3v) is 5.22. The molecule has 0 aromatic heterocycles. The van der Waals surface area contributed by atoms with E-state index in [4.69, 9.17) is 0 Å². The Hall–Kier alpha value is -1.20. The topological polar surface area (TPSA) is 63.2 Å². The number of sulfonamides is 1. The molecule has 104 valence electrons. The van der Waals surface area contributed by atoms with Crippen LogP contribution in [0.25, 0.3) is 0 Å². The number of benzene rings is 1. The van der Waals surface area contributed by atoms with Crippen LogP contribution in [-0.2, 0) is 10.0 Å². The molecule has 0 heterocycles. The van der Waals surface area contributed by atoms with Crippen molar-refractivity contribution in [2.75, 3.05) is 0 Å². The Morgan fingerprint density at radius 2 is 1.95 bits per heavy atom. The molecule has 1 aromatic carbocycles. The summed E-state index contributed by atoms with van der Waals surface area (Å²) < 4.78 is 27.4. The minimum absolute atomic E-state index is 0.140. The van der Waals surface area contributed by atoms with Gasteiger partial charge >= 0.3 is 0 Å². The SMILES string of the molecule is CC(=O)c1cccc(S(=O)(=O)NC(C)(C)C2CC2)c1. The second-order valence-electron chi connectivity index (χ2n) is 5.69.